The second kappa shape index (κ2) is 6.01. The zero-order valence-electron chi connectivity index (χ0n) is 12.5. The number of hydrogen-bond acceptors (Lipinski definition) is 4. The number of aryl methyl sites for hydroxylation is 3. The maximum absolute atomic E-state index is 5.60. The lowest BCUT2D eigenvalue weighted by atomic mass is 10.0. The van der Waals surface area contributed by atoms with Crippen molar-refractivity contribution in [3.05, 3.63) is 40.8 Å². The molecule has 0 saturated carbocycles. The van der Waals surface area contributed by atoms with Gasteiger partial charge < -0.3 is 10.5 Å². The van der Waals surface area contributed by atoms with Crippen molar-refractivity contribution >= 4 is 0 Å². The van der Waals surface area contributed by atoms with Gasteiger partial charge in [0.25, 0.3) is 0 Å². The molecule has 0 fully saturated rings. The van der Waals surface area contributed by atoms with Gasteiger partial charge in [0.1, 0.15) is 11.6 Å². The van der Waals surface area contributed by atoms with Crippen LogP contribution in [0.5, 0.6) is 5.75 Å². The quantitative estimate of drug-likeness (QED) is 0.928. The van der Waals surface area contributed by atoms with E-state index in [9.17, 15) is 0 Å². The van der Waals surface area contributed by atoms with Gasteiger partial charge in [-0.1, -0.05) is 6.07 Å². The Bertz CT molecular complexity index is 623. The molecule has 1 heterocycles. The van der Waals surface area contributed by atoms with Gasteiger partial charge in [-0.15, -0.1) is 0 Å². The molecule has 4 heteroatoms. The Morgan fingerprint density at radius 3 is 2.50 bits per heavy atom. The van der Waals surface area contributed by atoms with Crippen molar-refractivity contribution in [1.29, 1.82) is 0 Å². The monoisotopic (exact) mass is 271 g/mol. The summed E-state index contributed by atoms with van der Waals surface area (Å²) >= 11 is 0. The highest BCUT2D eigenvalue weighted by molar-refractivity contribution is 5.71. The predicted molar refractivity (Wildman–Crippen MR) is 81.0 cm³/mol. The fourth-order valence-electron chi connectivity index (χ4n) is 2.42. The van der Waals surface area contributed by atoms with E-state index in [4.69, 9.17) is 10.5 Å². The molecule has 2 rings (SSSR count). The van der Waals surface area contributed by atoms with Gasteiger partial charge in [0.15, 0.2) is 0 Å². The zero-order chi connectivity index (χ0) is 14.7. The van der Waals surface area contributed by atoms with Crippen molar-refractivity contribution in [3.8, 4) is 17.0 Å². The summed E-state index contributed by atoms with van der Waals surface area (Å²) in [6.07, 6.45) is 0.682. The van der Waals surface area contributed by atoms with E-state index in [-0.39, 0.29) is 0 Å². The van der Waals surface area contributed by atoms with Crippen LogP contribution in [0.3, 0.4) is 0 Å². The van der Waals surface area contributed by atoms with Crippen molar-refractivity contribution in [2.45, 2.75) is 27.2 Å². The number of rotatable bonds is 4. The van der Waals surface area contributed by atoms with Crippen LogP contribution in [-0.4, -0.2) is 23.6 Å². The SMILES string of the molecule is COc1cc(C)cc(C)c1-c1cc(C)nc(CCN)n1. The summed E-state index contributed by atoms with van der Waals surface area (Å²) in [4.78, 5) is 9.04. The van der Waals surface area contributed by atoms with Gasteiger partial charge in [0.05, 0.1) is 12.8 Å². The predicted octanol–water partition coefficient (Wildman–Crippen LogP) is 2.58. The van der Waals surface area contributed by atoms with Gasteiger partial charge in [-0.3, -0.25) is 0 Å². The first-order valence-electron chi connectivity index (χ1n) is 6.75. The van der Waals surface area contributed by atoms with Gasteiger partial charge in [-0.25, -0.2) is 9.97 Å². The molecule has 106 valence electrons. The normalized spacial score (nSPS) is 10.7. The maximum Gasteiger partial charge on any atom is 0.130 e. The van der Waals surface area contributed by atoms with E-state index in [1.54, 1.807) is 7.11 Å². The summed E-state index contributed by atoms with van der Waals surface area (Å²) in [5.41, 5.74) is 10.8. The van der Waals surface area contributed by atoms with Crippen LogP contribution >= 0.6 is 0 Å². The molecule has 0 aliphatic carbocycles. The zero-order valence-corrected chi connectivity index (χ0v) is 12.5. The molecule has 0 spiro atoms. The summed E-state index contributed by atoms with van der Waals surface area (Å²) in [6.45, 7) is 6.66. The average molecular weight is 271 g/mol. The summed E-state index contributed by atoms with van der Waals surface area (Å²) in [6, 6.07) is 6.15. The van der Waals surface area contributed by atoms with Crippen LogP contribution in [-0.2, 0) is 6.42 Å². The van der Waals surface area contributed by atoms with E-state index in [2.05, 4.69) is 29.9 Å². The maximum atomic E-state index is 5.60. The third-order valence-electron chi connectivity index (χ3n) is 3.19. The lowest BCUT2D eigenvalue weighted by molar-refractivity contribution is 0.415. The number of hydrogen-bond donors (Lipinski definition) is 1. The van der Waals surface area contributed by atoms with Gasteiger partial charge in [0, 0.05) is 17.7 Å². The van der Waals surface area contributed by atoms with Crippen LogP contribution in [0.2, 0.25) is 0 Å². The summed E-state index contributed by atoms with van der Waals surface area (Å²) in [5.74, 6) is 1.63. The third-order valence-corrected chi connectivity index (χ3v) is 3.19. The van der Waals surface area contributed by atoms with Crippen LogP contribution in [0, 0.1) is 20.8 Å². The Kier molecular flexibility index (Phi) is 4.35. The van der Waals surface area contributed by atoms with Gasteiger partial charge >= 0.3 is 0 Å². The molecule has 0 amide bonds. The second-order valence-electron chi connectivity index (χ2n) is 5.01. The molecule has 2 N–H and O–H groups in total. The highest BCUT2D eigenvalue weighted by atomic mass is 16.5. The summed E-state index contributed by atoms with van der Waals surface area (Å²) in [7, 11) is 1.69. The lowest BCUT2D eigenvalue weighted by Gasteiger charge is -2.14. The van der Waals surface area contributed by atoms with Crippen molar-refractivity contribution in [1.82, 2.24) is 9.97 Å². The minimum Gasteiger partial charge on any atom is -0.496 e. The topological polar surface area (TPSA) is 61.0 Å². The molecule has 4 nitrogen and oxygen atoms in total. The van der Waals surface area contributed by atoms with Crippen LogP contribution in [0.1, 0.15) is 22.6 Å². The largest absolute Gasteiger partial charge is 0.496 e. The molecule has 0 aliphatic heterocycles. The minimum absolute atomic E-state index is 0.549. The number of aromatic nitrogens is 2. The van der Waals surface area contributed by atoms with Crippen molar-refractivity contribution in [3.63, 3.8) is 0 Å². The van der Waals surface area contributed by atoms with Crippen LogP contribution in [0.15, 0.2) is 18.2 Å². The summed E-state index contributed by atoms with van der Waals surface area (Å²) in [5, 5.41) is 0. The number of methoxy groups -OCH3 is 1. The van der Waals surface area contributed by atoms with Crippen molar-refractivity contribution < 1.29 is 4.74 Å². The summed E-state index contributed by atoms with van der Waals surface area (Å²) < 4.78 is 5.52. The first-order chi connectivity index (χ1) is 9.55. The Morgan fingerprint density at radius 2 is 1.85 bits per heavy atom. The fourth-order valence-corrected chi connectivity index (χ4v) is 2.42. The number of benzene rings is 1. The van der Waals surface area contributed by atoms with Gasteiger partial charge in [-0.2, -0.15) is 0 Å². The van der Waals surface area contributed by atoms with E-state index in [1.807, 2.05) is 19.1 Å². The van der Waals surface area contributed by atoms with E-state index in [0.29, 0.717) is 13.0 Å². The molecule has 1 aromatic carbocycles. The van der Waals surface area contributed by atoms with Crippen molar-refractivity contribution in [2.75, 3.05) is 13.7 Å². The molecule has 20 heavy (non-hydrogen) atoms. The molecule has 1 aromatic heterocycles. The van der Waals surface area contributed by atoms with Gasteiger partial charge in [-0.05, 0) is 50.6 Å². The third kappa shape index (κ3) is 2.96. The fraction of sp³-hybridized carbons (Fsp3) is 0.375. The number of nitrogens with zero attached hydrogens (tertiary/aromatic N) is 2. The highest BCUT2D eigenvalue weighted by Gasteiger charge is 2.13. The smallest absolute Gasteiger partial charge is 0.130 e. The number of nitrogens with two attached hydrogens (primary N) is 1. The van der Waals surface area contributed by atoms with Crippen LogP contribution < -0.4 is 10.5 Å². The highest BCUT2D eigenvalue weighted by Crippen LogP contribution is 2.33. The molecule has 0 saturated heterocycles. The number of ether oxygens (including phenoxy) is 1. The molecule has 0 bridgehead atoms. The molecular weight excluding hydrogens is 250 g/mol. The van der Waals surface area contributed by atoms with E-state index in [1.165, 1.54) is 5.56 Å². The molecule has 0 atom stereocenters. The molecule has 0 unspecified atom stereocenters. The molecule has 2 aromatic rings. The van der Waals surface area contributed by atoms with Crippen LogP contribution in [0.4, 0.5) is 0 Å². The van der Waals surface area contributed by atoms with E-state index >= 15 is 0 Å². The first kappa shape index (κ1) is 14.5. The Morgan fingerprint density at radius 1 is 1.10 bits per heavy atom. The van der Waals surface area contributed by atoms with Crippen LogP contribution in [0.25, 0.3) is 11.3 Å². The Labute approximate surface area is 120 Å². The Hall–Kier alpha value is -1.94. The average Bonchev–Trinajstić information content (AvgIpc) is 2.37. The van der Waals surface area contributed by atoms with Gasteiger partial charge in [0.2, 0.25) is 0 Å². The van der Waals surface area contributed by atoms with Crippen molar-refractivity contribution in [2.24, 2.45) is 5.73 Å². The first-order valence-corrected chi connectivity index (χ1v) is 6.75. The second-order valence-corrected chi connectivity index (χ2v) is 5.01. The molecular formula is C16H21N3O. The van der Waals surface area contributed by atoms with E-state index in [0.717, 1.165) is 34.1 Å². The molecule has 0 radical (unpaired) electrons. The Balaban J connectivity index is 2.61. The molecule has 0 aliphatic rings. The minimum atomic E-state index is 0.549. The van der Waals surface area contributed by atoms with E-state index < -0.39 is 0 Å². The lowest BCUT2D eigenvalue weighted by Crippen LogP contribution is -2.08. The standard InChI is InChI=1S/C16H21N3O/c1-10-7-11(2)16(14(8-10)20-4)13-9-12(3)18-15(19-13)5-6-17/h7-9H,5-6,17H2,1-4H3.